The van der Waals surface area contributed by atoms with Crippen molar-refractivity contribution in [3.63, 3.8) is 0 Å². The number of carbonyl (C=O) groups is 3. The molecule has 16 rings (SSSR count). The maximum Gasteiger partial charge on any atom is 0.410 e. The Bertz CT molecular complexity index is 5760. The number of ether oxygens (including phenoxy) is 3. The fraction of sp³-hybridized carbons (Fsp3) is 0.386. The summed E-state index contributed by atoms with van der Waals surface area (Å²) in [6, 6.07) is 25.3. The van der Waals surface area contributed by atoms with Crippen LogP contribution >= 0.6 is 34.8 Å². The zero-order chi connectivity index (χ0) is 85.1. The molecule has 4 amide bonds. The number of carbonyl (C=O) groups excluding carboxylic acids is 3. The third-order valence-corrected chi connectivity index (χ3v) is 24.9. The molecule has 4 saturated heterocycles. The van der Waals surface area contributed by atoms with Crippen molar-refractivity contribution in [3.8, 4) is 0 Å². The number of hydrogen-bond donors (Lipinski definition) is 4. The van der Waals surface area contributed by atoms with Crippen LogP contribution in [0.1, 0.15) is 147 Å². The lowest BCUT2D eigenvalue weighted by molar-refractivity contribution is -0.0155. The Labute approximate surface area is 713 Å². The molecule has 0 saturated carbocycles. The molecule has 37 heteroatoms. The molecule has 0 spiro atoms. The molecule has 10 heterocycles. The number of aryl methyl sites for hydroxylation is 3. The van der Waals surface area contributed by atoms with E-state index in [0.29, 0.717) is 124 Å². The fourth-order valence-corrected chi connectivity index (χ4v) is 19.2. The summed E-state index contributed by atoms with van der Waals surface area (Å²) in [5, 5.41) is 1.60. The molecule has 9 aromatic rings. The smallest absolute Gasteiger partial charge is 0.410 e. The van der Waals surface area contributed by atoms with Crippen molar-refractivity contribution in [2.75, 3.05) is 111 Å². The largest absolute Gasteiger partial charge is 0.447 e. The van der Waals surface area contributed by atoms with Crippen LogP contribution < -0.4 is 19.9 Å². The van der Waals surface area contributed by atoms with E-state index in [1.165, 1.54) is 0 Å². The Hall–Kier alpha value is -9.79. The Balaban J connectivity index is 0.000000148. The topological polar surface area (TPSA) is 355 Å². The molecular weight excluding hydrogens is 1660 g/mol. The molecule has 0 bridgehead atoms. The number of urea groups is 1. The number of primary amides is 1. The second kappa shape index (κ2) is 36.9. The Morgan fingerprint density at radius 3 is 1.07 bits per heavy atom. The van der Waals surface area contributed by atoms with E-state index in [2.05, 4.69) is 43.8 Å². The van der Waals surface area contributed by atoms with E-state index in [4.69, 9.17) is 69.7 Å². The van der Waals surface area contributed by atoms with Gasteiger partial charge in [0.2, 0.25) is 30.1 Å². The number of fused-ring (bicyclic) bond motifs is 6. The second-order valence-corrected chi connectivity index (χ2v) is 37.6. The quantitative estimate of drug-likeness (QED) is 0.0658. The number of hydrogen-bond acceptors (Lipinski definition) is 21. The van der Waals surface area contributed by atoms with Crippen LogP contribution in [0.4, 0.5) is 14.4 Å². The molecule has 120 heavy (non-hydrogen) atoms. The highest BCUT2D eigenvalue weighted by Gasteiger charge is 2.42. The number of imidazole rings is 3. The number of aromatic nitrogens is 9. The van der Waals surface area contributed by atoms with Gasteiger partial charge in [0.15, 0.2) is 0 Å². The van der Waals surface area contributed by atoms with E-state index in [1.807, 2.05) is 144 Å². The Morgan fingerprint density at radius 2 is 0.783 bits per heavy atom. The lowest BCUT2D eigenvalue weighted by Gasteiger charge is -2.40. The van der Waals surface area contributed by atoms with Crippen LogP contribution in [-0.2, 0) is 65.4 Å². The standard InChI is InChI=1S/C30H35ClN6O5S.C28H33ClN6O4S.C25H28ClN7O3S/c1-35-19-32-18-26(35)28(34-43(2,39)40)25-16-20-4-3-9-33-27(20)29(23-6-5-21(31)17-24(23)25)36-10-12-37(13-11-36)30(38)42-22-7-14-41-15-8-22;1-18(2)39-28(36)35-12-10-34(11-13-35)27-21-8-7-20(29)15-22(21)23(14-19-6-5-9-31-25(19)27)26(32-40(4,37)38)24-16-30-17-33(24)3;1-31-15-28-14-21(31)23(30-37(2,35)36)20-12-16-4-3-7-29-22(16)24(18-6-5-17(26)13-19(18)20)32-8-10-33(11-9-32)25(27)34/h3-6,9,16-19,22,28-29,34H,7-8,10-15H2,1-2H3;5-9,14-18,26-27,32H,10-13H2,1-4H3;3-7,12-15,23-24,30H,8-11H2,1-2H3,(H2,27,34)/t28?,29-;26?,27-;23?,24-/m000/s1. The first kappa shape index (κ1) is 86.6. The minimum Gasteiger partial charge on any atom is -0.447 e. The molecule has 5 N–H and O–H groups in total. The molecule has 3 unspecified atom stereocenters. The number of halogens is 3. The van der Waals surface area contributed by atoms with Gasteiger partial charge in [-0.25, -0.2) is 68.8 Å². The summed E-state index contributed by atoms with van der Waals surface area (Å²) < 4.78 is 106. The van der Waals surface area contributed by atoms with Crippen LogP contribution in [-0.4, -0.2) is 239 Å². The van der Waals surface area contributed by atoms with Crippen molar-refractivity contribution in [1.82, 2.24) is 87.2 Å². The third kappa shape index (κ3) is 20.0. The first-order chi connectivity index (χ1) is 57.3. The van der Waals surface area contributed by atoms with Crippen LogP contribution in [0, 0.1) is 0 Å². The first-order valence-corrected chi connectivity index (χ1v) is 46.1. The number of piperazine rings is 3. The molecule has 0 radical (unpaired) electrons. The highest BCUT2D eigenvalue weighted by atomic mass is 35.5. The summed E-state index contributed by atoms with van der Waals surface area (Å²) in [6.07, 6.45) is 25.2. The third-order valence-electron chi connectivity index (χ3n) is 22.2. The summed E-state index contributed by atoms with van der Waals surface area (Å²) in [5.74, 6) is 0. The van der Waals surface area contributed by atoms with Crippen LogP contribution in [0.2, 0.25) is 15.1 Å². The summed E-state index contributed by atoms with van der Waals surface area (Å²) in [4.78, 5) is 76.4. The van der Waals surface area contributed by atoms with Gasteiger partial charge in [-0.2, -0.15) is 0 Å². The predicted molar refractivity (Wildman–Crippen MR) is 459 cm³/mol. The second-order valence-electron chi connectivity index (χ2n) is 30.9. The molecule has 6 atom stereocenters. The van der Waals surface area contributed by atoms with Crippen molar-refractivity contribution in [2.24, 2.45) is 26.9 Å². The van der Waals surface area contributed by atoms with Gasteiger partial charge in [0, 0.05) is 146 Å². The van der Waals surface area contributed by atoms with Crippen LogP contribution in [0.25, 0.3) is 34.9 Å². The van der Waals surface area contributed by atoms with Crippen LogP contribution in [0.5, 0.6) is 0 Å². The molecule has 7 aliphatic rings. The zero-order valence-corrected chi connectivity index (χ0v) is 72.3. The number of sulfonamides is 3. The summed E-state index contributed by atoms with van der Waals surface area (Å²) in [6.45, 7) is 11.6. The molecule has 634 valence electrons. The van der Waals surface area contributed by atoms with Gasteiger partial charge in [0.1, 0.15) is 6.10 Å². The van der Waals surface area contributed by atoms with Gasteiger partial charge in [0.25, 0.3) is 0 Å². The maximum absolute atomic E-state index is 13.0. The number of nitrogens with one attached hydrogen (secondary N) is 3. The van der Waals surface area contributed by atoms with Crippen molar-refractivity contribution in [1.29, 1.82) is 0 Å². The van der Waals surface area contributed by atoms with Crippen LogP contribution in [0.15, 0.2) is 147 Å². The number of rotatable bonds is 17. The molecular formula is C83H96Cl3N19O12S3. The molecule has 3 aromatic carbocycles. The predicted octanol–water partition coefficient (Wildman–Crippen LogP) is 9.90. The average molecular weight is 1750 g/mol. The lowest BCUT2D eigenvalue weighted by Crippen LogP contribution is -2.51. The average Bonchev–Trinajstić information content (AvgIpc) is 1.60. The number of nitrogens with two attached hydrogens (primary N) is 1. The van der Waals surface area contributed by atoms with Crippen molar-refractivity contribution >= 4 is 118 Å². The van der Waals surface area contributed by atoms with Crippen molar-refractivity contribution in [3.05, 3.63) is 246 Å². The fourth-order valence-electron chi connectivity index (χ4n) is 16.6. The van der Waals surface area contributed by atoms with E-state index in [-0.39, 0.29) is 42.5 Å². The van der Waals surface area contributed by atoms with Crippen molar-refractivity contribution in [2.45, 2.75) is 75.1 Å². The van der Waals surface area contributed by atoms with Gasteiger partial charge >= 0.3 is 18.2 Å². The van der Waals surface area contributed by atoms with Crippen molar-refractivity contribution < 1.29 is 53.8 Å². The lowest BCUT2D eigenvalue weighted by atomic mass is 9.90. The monoisotopic (exact) mass is 1750 g/mol. The minimum absolute atomic E-state index is 0.105. The zero-order valence-electron chi connectivity index (χ0n) is 67.6. The number of benzene rings is 3. The van der Waals surface area contributed by atoms with Gasteiger partial charge in [-0.15, -0.1) is 0 Å². The Kier molecular flexibility index (Phi) is 26.6. The van der Waals surface area contributed by atoms with Gasteiger partial charge in [-0.1, -0.05) is 71.2 Å². The minimum atomic E-state index is -3.62. The number of amides is 4. The van der Waals surface area contributed by atoms with E-state index in [9.17, 15) is 39.6 Å². The molecule has 6 aromatic heterocycles. The highest BCUT2D eigenvalue weighted by Crippen LogP contribution is 2.49. The van der Waals surface area contributed by atoms with Crippen LogP contribution in [0.3, 0.4) is 0 Å². The maximum atomic E-state index is 13.0. The molecule has 31 nitrogen and oxygen atoms in total. The Morgan fingerprint density at radius 1 is 0.467 bits per heavy atom. The normalized spacial score (nSPS) is 19.4. The summed E-state index contributed by atoms with van der Waals surface area (Å²) in [7, 11) is -5.35. The summed E-state index contributed by atoms with van der Waals surface area (Å²) in [5.41, 5.74) is 20.2. The van der Waals surface area contributed by atoms with Gasteiger partial charge in [-0.3, -0.25) is 29.7 Å². The van der Waals surface area contributed by atoms with Gasteiger partial charge in [-0.05, 0) is 153 Å². The summed E-state index contributed by atoms with van der Waals surface area (Å²) >= 11 is 19.7. The number of nitrogens with zero attached hydrogens (tertiary/aromatic N) is 15. The molecule has 4 fully saturated rings. The van der Waals surface area contributed by atoms with Gasteiger partial charge < -0.3 is 48.3 Å². The van der Waals surface area contributed by atoms with E-state index in [1.54, 1.807) is 84.6 Å². The molecule has 3 aliphatic carbocycles. The molecule has 4 aliphatic heterocycles. The number of pyridine rings is 3. The van der Waals surface area contributed by atoms with E-state index in [0.717, 1.165) is 115 Å². The van der Waals surface area contributed by atoms with E-state index >= 15 is 0 Å². The highest BCUT2D eigenvalue weighted by molar-refractivity contribution is 7.89. The first-order valence-electron chi connectivity index (χ1n) is 39.3. The van der Waals surface area contributed by atoms with Gasteiger partial charge in [0.05, 0.1) is 146 Å². The van der Waals surface area contributed by atoms with E-state index < -0.39 is 54.2 Å². The SMILES string of the molecule is CC(C)OC(=O)N1CCN([C@H]2c3ccc(Cl)cc3C(C(NS(C)(=O)=O)c3cncn3C)=Cc3cccnc32)CC1.Cn1cncc1C(NS(C)(=O)=O)C1=Cc2cccnc2[C@@H](N2CCN(C(=O)OC3CCOCC3)CC2)c2ccc(Cl)cc21.Cn1cncc1C(NS(C)(=O)=O)C1=Cc2cccnc2[C@@H](N2CCN(C(N)=O)CC2)c2ccc(Cl)cc21.